The average Bonchev–Trinajstić information content (AvgIpc) is 3.41. The van der Waals surface area contributed by atoms with Crippen LogP contribution in [0.1, 0.15) is 27.3 Å². The average molecular weight is 489 g/mol. The van der Waals surface area contributed by atoms with Crippen molar-refractivity contribution >= 4 is 28.9 Å². The van der Waals surface area contributed by atoms with E-state index in [1.807, 2.05) is 12.1 Å². The first kappa shape index (κ1) is 24.0. The summed E-state index contributed by atoms with van der Waals surface area (Å²) in [5, 5.41) is 8.88. The van der Waals surface area contributed by atoms with Gasteiger partial charge in [0.05, 0.1) is 12.5 Å². The number of hydrogen-bond donors (Lipinski definition) is 2. The molecule has 1 amide bonds. The van der Waals surface area contributed by atoms with Gasteiger partial charge in [0.15, 0.2) is 0 Å². The first-order valence-electron chi connectivity index (χ1n) is 10.8. The van der Waals surface area contributed by atoms with Crippen LogP contribution in [0.2, 0.25) is 0 Å². The van der Waals surface area contributed by atoms with Crippen LogP contribution in [0.25, 0.3) is 11.1 Å². The summed E-state index contributed by atoms with van der Waals surface area (Å²) in [7, 11) is 0. The molecule has 0 fully saturated rings. The summed E-state index contributed by atoms with van der Waals surface area (Å²) in [6.07, 6.45) is -3.21. The zero-order valence-corrected chi connectivity index (χ0v) is 19.0. The van der Waals surface area contributed by atoms with Crippen LogP contribution < -0.4 is 10.6 Å². The predicted molar refractivity (Wildman–Crippen MR) is 125 cm³/mol. The van der Waals surface area contributed by atoms with Crippen molar-refractivity contribution in [3.05, 3.63) is 75.5 Å². The fourth-order valence-corrected chi connectivity index (χ4v) is 5.24. The highest BCUT2D eigenvalue weighted by atomic mass is 32.1. The second kappa shape index (κ2) is 9.60. The molecule has 2 aromatic carbocycles. The molecule has 4 rings (SSSR count). The standard InChI is InChI=1S/C25H23F3N2O3S/c26-25(27,28)23-19(16-4-2-1-3-5-16)13-18(34-23)8-6-15-7-9-21-17(12-15)10-11-30(21)24(33)20(29)14-22(31)32/h1-5,7,9,12-13,20H,6,8,10-11,14,29H2,(H,31,32). The van der Waals surface area contributed by atoms with Gasteiger partial charge in [0.1, 0.15) is 4.88 Å². The maximum absolute atomic E-state index is 13.6. The summed E-state index contributed by atoms with van der Waals surface area (Å²) in [6.45, 7) is 0.422. The van der Waals surface area contributed by atoms with E-state index < -0.39 is 35.4 Å². The molecule has 9 heteroatoms. The second-order valence-electron chi connectivity index (χ2n) is 8.23. The van der Waals surface area contributed by atoms with Crippen LogP contribution >= 0.6 is 11.3 Å². The number of carboxylic acids is 1. The van der Waals surface area contributed by atoms with Gasteiger partial charge >= 0.3 is 12.1 Å². The molecule has 1 aromatic heterocycles. The topological polar surface area (TPSA) is 83.6 Å². The molecule has 0 saturated carbocycles. The van der Waals surface area contributed by atoms with Gasteiger partial charge in [0.25, 0.3) is 0 Å². The largest absolute Gasteiger partial charge is 0.481 e. The summed E-state index contributed by atoms with van der Waals surface area (Å²) >= 11 is 0.779. The Hall–Kier alpha value is -3.17. The van der Waals surface area contributed by atoms with Crippen LogP contribution in [0, 0.1) is 0 Å². The molecule has 0 bridgehead atoms. The van der Waals surface area contributed by atoms with E-state index in [9.17, 15) is 22.8 Å². The van der Waals surface area contributed by atoms with Crippen molar-refractivity contribution < 1.29 is 27.9 Å². The van der Waals surface area contributed by atoms with Gasteiger partial charge in [-0.15, -0.1) is 11.3 Å². The number of aliphatic carboxylic acids is 1. The Morgan fingerprint density at radius 1 is 1.09 bits per heavy atom. The molecule has 1 unspecified atom stereocenters. The lowest BCUT2D eigenvalue weighted by atomic mass is 10.0. The molecule has 0 saturated heterocycles. The van der Waals surface area contributed by atoms with Crippen LogP contribution in [-0.2, 0) is 35.0 Å². The minimum Gasteiger partial charge on any atom is -0.481 e. The van der Waals surface area contributed by atoms with E-state index in [-0.39, 0.29) is 5.56 Å². The van der Waals surface area contributed by atoms with Gasteiger partial charge in [-0.1, -0.05) is 42.5 Å². The van der Waals surface area contributed by atoms with E-state index in [1.54, 1.807) is 42.5 Å². The smallest absolute Gasteiger partial charge is 0.426 e. The highest BCUT2D eigenvalue weighted by molar-refractivity contribution is 7.12. The Balaban J connectivity index is 1.49. The van der Waals surface area contributed by atoms with Gasteiger partial charge in [0.2, 0.25) is 5.91 Å². The molecule has 1 aliphatic heterocycles. The third-order valence-electron chi connectivity index (χ3n) is 5.80. The molecule has 178 valence electrons. The Bertz CT molecular complexity index is 1210. The number of halogens is 3. The number of nitrogens with zero attached hydrogens (tertiary/aromatic N) is 1. The molecule has 1 aliphatic rings. The first-order valence-corrected chi connectivity index (χ1v) is 11.6. The summed E-state index contributed by atoms with van der Waals surface area (Å²) < 4.78 is 40.9. The lowest BCUT2D eigenvalue weighted by molar-refractivity contribution is -0.139. The molecule has 0 radical (unpaired) electrons. The highest BCUT2D eigenvalue weighted by Gasteiger charge is 2.36. The van der Waals surface area contributed by atoms with Crippen molar-refractivity contribution in [2.45, 2.75) is 37.9 Å². The third kappa shape index (κ3) is 5.15. The van der Waals surface area contributed by atoms with Crippen LogP contribution in [0.15, 0.2) is 54.6 Å². The van der Waals surface area contributed by atoms with Gasteiger partial charge in [-0.2, -0.15) is 13.2 Å². The fraction of sp³-hybridized carbons (Fsp3) is 0.280. The number of carboxylic acid groups (broad SMARTS) is 1. The van der Waals surface area contributed by atoms with E-state index in [1.165, 1.54) is 4.90 Å². The zero-order chi connectivity index (χ0) is 24.5. The molecule has 3 N–H and O–H groups in total. The Kier molecular flexibility index (Phi) is 6.77. The number of amides is 1. The van der Waals surface area contributed by atoms with Gasteiger partial charge in [0, 0.05) is 22.7 Å². The van der Waals surface area contributed by atoms with Crippen molar-refractivity contribution in [2.75, 3.05) is 11.4 Å². The molecular formula is C25H23F3N2O3S. The normalized spacial score (nSPS) is 14.2. The number of carbonyl (C=O) groups is 2. The van der Waals surface area contributed by atoms with Crippen molar-refractivity contribution in [2.24, 2.45) is 5.73 Å². The number of alkyl halides is 3. The number of fused-ring (bicyclic) bond motifs is 1. The Morgan fingerprint density at radius 2 is 1.82 bits per heavy atom. The zero-order valence-electron chi connectivity index (χ0n) is 18.1. The van der Waals surface area contributed by atoms with Gasteiger partial charge < -0.3 is 15.7 Å². The molecule has 5 nitrogen and oxygen atoms in total. The van der Waals surface area contributed by atoms with Crippen molar-refractivity contribution in [3.63, 3.8) is 0 Å². The van der Waals surface area contributed by atoms with Crippen LogP contribution in [-0.4, -0.2) is 29.6 Å². The number of carbonyl (C=O) groups excluding carboxylic acids is 1. The third-order valence-corrected chi connectivity index (χ3v) is 7.04. The van der Waals surface area contributed by atoms with Gasteiger partial charge in [-0.3, -0.25) is 9.59 Å². The number of benzene rings is 2. The maximum atomic E-state index is 13.6. The highest BCUT2D eigenvalue weighted by Crippen LogP contribution is 2.43. The summed E-state index contributed by atoms with van der Waals surface area (Å²) in [5.41, 5.74) is 9.09. The second-order valence-corrected chi connectivity index (χ2v) is 9.36. The minimum absolute atomic E-state index is 0.203. The van der Waals surface area contributed by atoms with Crippen LogP contribution in [0.3, 0.4) is 0 Å². The van der Waals surface area contributed by atoms with E-state index in [4.69, 9.17) is 10.8 Å². The minimum atomic E-state index is -4.42. The molecule has 0 aliphatic carbocycles. The number of nitrogens with two attached hydrogens (primary N) is 1. The Morgan fingerprint density at radius 3 is 2.50 bits per heavy atom. The molecule has 34 heavy (non-hydrogen) atoms. The van der Waals surface area contributed by atoms with Crippen LogP contribution in [0.4, 0.5) is 18.9 Å². The molecule has 3 aromatic rings. The Labute approximate surface area is 198 Å². The summed E-state index contributed by atoms with van der Waals surface area (Å²) in [4.78, 5) is 24.9. The maximum Gasteiger partial charge on any atom is 0.426 e. The molecular weight excluding hydrogens is 465 g/mol. The van der Waals surface area contributed by atoms with Crippen molar-refractivity contribution in [3.8, 4) is 11.1 Å². The van der Waals surface area contributed by atoms with E-state index in [2.05, 4.69) is 0 Å². The first-order chi connectivity index (χ1) is 16.1. The van der Waals surface area contributed by atoms with E-state index in [0.29, 0.717) is 41.9 Å². The monoisotopic (exact) mass is 488 g/mol. The quantitative estimate of drug-likeness (QED) is 0.495. The number of aryl methyl sites for hydroxylation is 2. The summed E-state index contributed by atoms with van der Waals surface area (Å²) in [6, 6.07) is 14.7. The lowest BCUT2D eigenvalue weighted by Gasteiger charge is -2.21. The van der Waals surface area contributed by atoms with E-state index >= 15 is 0 Å². The van der Waals surface area contributed by atoms with Gasteiger partial charge in [-0.25, -0.2) is 0 Å². The molecule has 2 heterocycles. The molecule has 0 spiro atoms. The number of hydrogen-bond acceptors (Lipinski definition) is 4. The number of anilines is 1. The predicted octanol–water partition coefficient (Wildman–Crippen LogP) is 4.91. The fourth-order valence-electron chi connectivity index (χ4n) is 4.19. The van der Waals surface area contributed by atoms with E-state index in [0.717, 1.165) is 22.5 Å². The van der Waals surface area contributed by atoms with Gasteiger partial charge in [-0.05, 0) is 48.1 Å². The SMILES string of the molecule is NC(CC(=O)O)C(=O)N1CCc2cc(CCc3cc(-c4ccccc4)c(C(F)(F)F)s3)ccc21. The van der Waals surface area contributed by atoms with Crippen molar-refractivity contribution in [1.29, 1.82) is 0 Å². The lowest BCUT2D eigenvalue weighted by Crippen LogP contribution is -2.44. The van der Waals surface area contributed by atoms with Crippen LogP contribution in [0.5, 0.6) is 0 Å². The number of rotatable bonds is 7. The number of thiophene rings is 1. The summed E-state index contributed by atoms with van der Waals surface area (Å²) in [5.74, 6) is -1.56. The van der Waals surface area contributed by atoms with Crippen molar-refractivity contribution in [1.82, 2.24) is 0 Å². The molecule has 1 atom stereocenters.